The summed E-state index contributed by atoms with van der Waals surface area (Å²) in [5.41, 5.74) is 0. The third-order valence-electron chi connectivity index (χ3n) is 4.47. The normalized spacial score (nSPS) is 24.1. The summed E-state index contributed by atoms with van der Waals surface area (Å²) in [7, 11) is 0. The van der Waals surface area contributed by atoms with Gasteiger partial charge in [0.05, 0.1) is 25.5 Å². The number of nitrogens with one attached hydrogen (secondary N) is 1. The molecule has 0 radical (unpaired) electrons. The summed E-state index contributed by atoms with van der Waals surface area (Å²) in [4.78, 5) is 14.7. The third-order valence-corrected chi connectivity index (χ3v) is 4.47. The van der Waals surface area contributed by atoms with E-state index in [-0.39, 0.29) is 17.9 Å². The minimum absolute atomic E-state index is 0.0852. The highest BCUT2D eigenvalue weighted by Gasteiger charge is 2.26. The van der Waals surface area contributed by atoms with E-state index in [4.69, 9.17) is 9.15 Å². The van der Waals surface area contributed by atoms with Gasteiger partial charge in [-0.25, -0.2) is 0 Å². The Morgan fingerprint density at radius 2 is 2.23 bits per heavy atom. The Morgan fingerprint density at radius 1 is 1.36 bits per heavy atom. The second kappa shape index (κ2) is 7.61. The summed E-state index contributed by atoms with van der Waals surface area (Å²) in [6.07, 6.45) is 8.77. The van der Waals surface area contributed by atoms with Crippen molar-refractivity contribution in [2.45, 2.75) is 25.3 Å². The molecule has 22 heavy (non-hydrogen) atoms. The molecule has 0 bridgehead atoms. The summed E-state index contributed by atoms with van der Waals surface area (Å²) in [6.45, 7) is 3.80. The van der Waals surface area contributed by atoms with Crippen LogP contribution in [-0.4, -0.2) is 43.7 Å². The first-order valence-corrected chi connectivity index (χ1v) is 8.12. The topological polar surface area (TPSA) is 54.7 Å². The number of rotatable bonds is 5. The van der Waals surface area contributed by atoms with Crippen LogP contribution in [0, 0.1) is 5.92 Å². The molecule has 1 aliphatic carbocycles. The molecule has 1 fully saturated rings. The number of hydrogen-bond acceptors (Lipinski definition) is 4. The summed E-state index contributed by atoms with van der Waals surface area (Å²) >= 11 is 0. The van der Waals surface area contributed by atoms with Crippen LogP contribution in [0.1, 0.15) is 31.1 Å². The molecule has 0 saturated carbocycles. The van der Waals surface area contributed by atoms with Crippen LogP contribution in [0.4, 0.5) is 0 Å². The number of allylic oxidation sites excluding steroid dienone is 2. The van der Waals surface area contributed by atoms with Crippen molar-refractivity contribution in [3.63, 3.8) is 0 Å². The van der Waals surface area contributed by atoms with Crippen LogP contribution >= 0.6 is 0 Å². The first-order valence-electron chi connectivity index (χ1n) is 8.12. The van der Waals surface area contributed by atoms with Crippen molar-refractivity contribution in [3.05, 3.63) is 36.3 Å². The number of ether oxygens (including phenoxy) is 1. The summed E-state index contributed by atoms with van der Waals surface area (Å²) in [6, 6.07) is 3.97. The number of carbonyl (C=O) groups excluding carboxylic acids is 1. The quantitative estimate of drug-likeness (QED) is 0.847. The van der Waals surface area contributed by atoms with Crippen LogP contribution in [0.3, 0.4) is 0 Å². The Kier molecular flexibility index (Phi) is 5.29. The van der Waals surface area contributed by atoms with Crippen LogP contribution < -0.4 is 5.32 Å². The van der Waals surface area contributed by atoms with Gasteiger partial charge in [-0.2, -0.15) is 0 Å². The molecule has 0 spiro atoms. The van der Waals surface area contributed by atoms with Gasteiger partial charge >= 0.3 is 0 Å². The van der Waals surface area contributed by atoms with E-state index in [2.05, 4.69) is 22.4 Å². The molecule has 1 aromatic rings. The monoisotopic (exact) mass is 304 g/mol. The lowest BCUT2D eigenvalue weighted by atomic mass is 9.93. The van der Waals surface area contributed by atoms with Crippen molar-refractivity contribution in [2.24, 2.45) is 5.92 Å². The van der Waals surface area contributed by atoms with Crippen LogP contribution in [0.25, 0.3) is 0 Å². The number of nitrogens with zero attached hydrogens (tertiary/aromatic N) is 1. The Labute approximate surface area is 131 Å². The van der Waals surface area contributed by atoms with Gasteiger partial charge in [0.1, 0.15) is 5.76 Å². The van der Waals surface area contributed by atoms with E-state index in [0.717, 1.165) is 51.3 Å². The fourth-order valence-corrected chi connectivity index (χ4v) is 3.15. The highest BCUT2D eigenvalue weighted by atomic mass is 16.5. The zero-order valence-corrected chi connectivity index (χ0v) is 12.9. The number of carbonyl (C=O) groups is 1. The predicted molar refractivity (Wildman–Crippen MR) is 83.3 cm³/mol. The van der Waals surface area contributed by atoms with E-state index < -0.39 is 0 Å². The zero-order chi connectivity index (χ0) is 15.2. The van der Waals surface area contributed by atoms with Crippen LogP contribution in [0.15, 0.2) is 35.0 Å². The average molecular weight is 304 g/mol. The van der Waals surface area contributed by atoms with E-state index in [1.54, 1.807) is 6.26 Å². The first kappa shape index (κ1) is 15.3. The average Bonchev–Trinajstić information content (AvgIpc) is 3.11. The molecule has 0 aromatic carbocycles. The number of hydrogen-bond donors (Lipinski definition) is 1. The SMILES string of the molecule is O=C(NC[C@H](c1ccco1)N1CCOCC1)[C@H]1CC=CCC1. The van der Waals surface area contributed by atoms with Gasteiger partial charge in [-0.1, -0.05) is 12.2 Å². The Balaban J connectivity index is 1.60. The maximum absolute atomic E-state index is 12.3. The number of morpholine rings is 1. The lowest BCUT2D eigenvalue weighted by Gasteiger charge is -2.33. The van der Waals surface area contributed by atoms with Gasteiger partial charge in [-0.15, -0.1) is 0 Å². The smallest absolute Gasteiger partial charge is 0.223 e. The summed E-state index contributed by atoms with van der Waals surface area (Å²) in [5, 5.41) is 3.12. The highest BCUT2D eigenvalue weighted by molar-refractivity contribution is 5.79. The van der Waals surface area contributed by atoms with Crippen LogP contribution in [0.2, 0.25) is 0 Å². The molecular weight excluding hydrogens is 280 g/mol. The minimum atomic E-state index is 0.0852. The molecule has 1 N–H and O–H groups in total. The largest absolute Gasteiger partial charge is 0.468 e. The van der Waals surface area contributed by atoms with E-state index in [0.29, 0.717) is 6.54 Å². The lowest BCUT2D eigenvalue weighted by molar-refractivity contribution is -0.125. The second-order valence-corrected chi connectivity index (χ2v) is 5.91. The molecule has 1 aromatic heterocycles. The summed E-state index contributed by atoms with van der Waals surface area (Å²) < 4.78 is 11.0. The van der Waals surface area contributed by atoms with E-state index in [1.165, 1.54) is 0 Å². The van der Waals surface area contributed by atoms with Crippen LogP contribution in [-0.2, 0) is 9.53 Å². The zero-order valence-electron chi connectivity index (χ0n) is 12.9. The summed E-state index contributed by atoms with van der Waals surface area (Å²) in [5.74, 6) is 1.19. The number of amides is 1. The van der Waals surface area contributed by atoms with Crippen molar-refractivity contribution in [2.75, 3.05) is 32.8 Å². The van der Waals surface area contributed by atoms with Crippen molar-refractivity contribution >= 4 is 5.91 Å². The highest BCUT2D eigenvalue weighted by Crippen LogP contribution is 2.23. The van der Waals surface area contributed by atoms with Gasteiger partial charge in [0.25, 0.3) is 0 Å². The molecule has 1 amide bonds. The van der Waals surface area contributed by atoms with Crippen molar-refractivity contribution in [1.29, 1.82) is 0 Å². The predicted octanol–water partition coefficient (Wildman–Crippen LogP) is 2.13. The van der Waals surface area contributed by atoms with Gasteiger partial charge in [-0.3, -0.25) is 9.69 Å². The maximum Gasteiger partial charge on any atom is 0.223 e. The van der Waals surface area contributed by atoms with Gasteiger partial charge in [0, 0.05) is 25.6 Å². The molecule has 1 saturated heterocycles. The maximum atomic E-state index is 12.3. The first-order chi connectivity index (χ1) is 10.8. The molecule has 2 heterocycles. The fourth-order valence-electron chi connectivity index (χ4n) is 3.15. The van der Waals surface area contributed by atoms with E-state index in [1.807, 2.05) is 12.1 Å². The van der Waals surface area contributed by atoms with Gasteiger partial charge < -0.3 is 14.5 Å². The van der Waals surface area contributed by atoms with Gasteiger partial charge in [0.15, 0.2) is 0 Å². The molecule has 1 aliphatic heterocycles. The van der Waals surface area contributed by atoms with Crippen molar-refractivity contribution in [3.8, 4) is 0 Å². The van der Waals surface area contributed by atoms with Crippen molar-refractivity contribution < 1.29 is 13.9 Å². The van der Waals surface area contributed by atoms with E-state index in [9.17, 15) is 4.79 Å². The standard InChI is InChI=1S/C17H24N2O3/c20-17(14-5-2-1-3-6-14)18-13-15(16-7-4-10-22-16)19-8-11-21-12-9-19/h1-2,4,7,10,14-15H,3,5-6,8-9,11-13H2,(H,18,20)/t14-,15+/m0/s1. The van der Waals surface area contributed by atoms with E-state index >= 15 is 0 Å². The molecule has 2 atom stereocenters. The Morgan fingerprint density at radius 3 is 2.91 bits per heavy atom. The minimum Gasteiger partial charge on any atom is -0.468 e. The van der Waals surface area contributed by atoms with Gasteiger partial charge in [-0.05, 0) is 31.4 Å². The molecule has 5 nitrogen and oxygen atoms in total. The van der Waals surface area contributed by atoms with Gasteiger partial charge in [0.2, 0.25) is 5.91 Å². The molecule has 0 unspecified atom stereocenters. The Hall–Kier alpha value is -1.59. The number of furan rings is 1. The molecule has 5 heteroatoms. The molecular formula is C17H24N2O3. The lowest BCUT2D eigenvalue weighted by Crippen LogP contribution is -2.44. The Bertz CT molecular complexity index is 492. The van der Waals surface area contributed by atoms with Crippen LogP contribution in [0.5, 0.6) is 0 Å². The second-order valence-electron chi connectivity index (χ2n) is 5.91. The molecule has 2 aliphatic rings. The third kappa shape index (κ3) is 3.78. The molecule has 3 rings (SSSR count). The molecule has 120 valence electrons. The fraction of sp³-hybridized carbons (Fsp3) is 0.588. The van der Waals surface area contributed by atoms with Crippen molar-refractivity contribution in [1.82, 2.24) is 10.2 Å².